The number of hydrogen-bond donors (Lipinski definition) is 0. The first-order valence-corrected chi connectivity index (χ1v) is 7.62. The molecule has 2 aromatic rings. The summed E-state index contributed by atoms with van der Waals surface area (Å²) < 4.78 is 1.57. The third kappa shape index (κ3) is 3.77. The molecular formula is C15H17BrN2O. The van der Waals surface area contributed by atoms with Crippen LogP contribution in [-0.2, 0) is 6.54 Å². The molecule has 0 N–H and O–H groups in total. The Bertz CT molecular complexity index is 566. The fourth-order valence-electron chi connectivity index (χ4n) is 1.98. The lowest BCUT2D eigenvalue weighted by Gasteiger charge is -2.06. The van der Waals surface area contributed by atoms with Gasteiger partial charge in [-0.2, -0.15) is 5.10 Å². The molecule has 1 heterocycles. The van der Waals surface area contributed by atoms with Gasteiger partial charge in [-0.05, 0) is 24.5 Å². The van der Waals surface area contributed by atoms with E-state index in [4.69, 9.17) is 0 Å². The highest BCUT2D eigenvalue weighted by Crippen LogP contribution is 2.13. The minimum absolute atomic E-state index is 0.00691. The Morgan fingerprint density at radius 3 is 2.58 bits per heavy atom. The maximum Gasteiger partial charge on any atom is 0.274 e. The molecule has 0 fully saturated rings. The Morgan fingerprint density at radius 1 is 1.05 bits per heavy atom. The maximum absolute atomic E-state index is 12.3. The van der Waals surface area contributed by atoms with Crippen LogP contribution in [0.1, 0.15) is 19.3 Å². The molecule has 0 aliphatic carbocycles. The predicted octanol–water partition coefficient (Wildman–Crippen LogP) is 3.48. The van der Waals surface area contributed by atoms with Crippen molar-refractivity contribution in [3.8, 4) is 11.1 Å². The van der Waals surface area contributed by atoms with Crippen LogP contribution in [-0.4, -0.2) is 15.1 Å². The topological polar surface area (TPSA) is 34.9 Å². The smallest absolute Gasteiger partial charge is 0.267 e. The zero-order valence-corrected chi connectivity index (χ0v) is 12.3. The van der Waals surface area contributed by atoms with Gasteiger partial charge in [-0.3, -0.25) is 4.79 Å². The second-order valence-electron chi connectivity index (χ2n) is 4.39. The first-order chi connectivity index (χ1) is 9.33. The summed E-state index contributed by atoms with van der Waals surface area (Å²) in [5, 5.41) is 5.17. The van der Waals surface area contributed by atoms with Crippen LogP contribution in [0, 0.1) is 0 Å². The Morgan fingerprint density at radius 2 is 1.84 bits per heavy atom. The van der Waals surface area contributed by atoms with Crippen LogP contribution >= 0.6 is 15.9 Å². The molecule has 0 unspecified atom stereocenters. The van der Waals surface area contributed by atoms with E-state index in [1.807, 2.05) is 30.3 Å². The van der Waals surface area contributed by atoms with Crippen LogP contribution in [0.15, 0.2) is 47.4 Å². The van der Waals surface area contributed by atoms with Crippen molar-refractivity contribution in [2.45, 2.75) is 25.8 Å². The summed E-state index contributed by atoms with van der Waals surface area (Å²) in [5.74, 6) is 0. The van der Waals surface area contributed by atoms with Gasteiger partial charge in [0.2, 0.25) is 0 Å². The summed E-state index contributed by atoms with van der Waals surface area (Å²) in [6.45, 7) is 0.687. The highest BCUT2D eigenvalue weighted by atomic mass is 79.9. The number of nitrogens with zero attached hydrogens (tertiary/aromatic N) is 2. The molecule has 0 saturated carbocycles. The van der Waals surface area contributed by atoms with Crippen molar-refractivity contribution in [1.82, 2.24) is 9.78 Å². The number of rotatable bonds is 6. The lowest BCUT2D eigenvalue weighted by atomic mass is 10.1. The number of aryl methyl sites for hydroxylation is 1. The molecule has 0 saturated heterocycles. The highest BCUT2D eigenvalue weighted by molar-refractivity contribution is 9.09. The molecule has 4 heteroatoms. The van der Waals surface area contributed by atoms with E-state index >= 15 is 0 Å². The fourth-order valence-corrected chi connectivity index (χ4v) is 2.38. The van der Waals surface area contributed by atoms with Gasteiger partial charge < -0.3 is 0 Å². The Kier molecular flexibility index (Phi) is 5.33. The molecule has 3 nitrogen and oxygen atoms in total. The van der Waals surface area contributed by atoms with E-state index in [-0.39, 0.29) is 5.56 Å². The zero-order chi connectivity index (χ0) is 13.5. The first-order valence-electron chi connectivity index (χ1n) is 6.50. The lowest BCUT2D eigenvalue weighted by Crippen LogP contribution is -2.24. The van der Waals surface area contributed by atoms with Gasteiger partial charge >= 0.3 is 0 Å². The standard InChI is InChI=1S/C15H17BrN2O/c16-10-5-2-6-12-18-15(19)14(9-11-17-18)13-7-3-1-4-8-13/h1,3-4,7-9,11H,2,5-6,10,12H2. The average Bonchev–Trinajstić information content (AvgIpc) is 2.46. The van der Waals surface area contributed by atoms with E-state index in [9.17, 15) is 4.79 Å². The van der Waals surface area contributed by atoms with E-state index in [0.29, 0.717) is 6.54 Å². The van der Waals surface area contributed by atoms with Crippen LogP contribution in [0.2, 0.25) is 0 Å². The van der Waals surface area contributed by atoms with E-state index in [1.54, 1.807) is 16.9 Å². The number of unbranched alkanes of at least 4 members (excludes halogenated alkanes) is 2. The lowest BCUT2D eigenvalue weighted by molar-refractivity contribution is 0.530. The van der Waals surface area contributed by atoms with Crippen LogP contribution in [0.5, 0.6) is 0 Å². The van der Waals surface area contributed by atoms with Crippen molar-refractivity contribution in [1.29, 1.82) is 0 Å². The number of benzene rings is 1. The van der Waals surface area contributed by atoms with Crippen molar-refractivity contribution >= 4 is 15.9 Å². The summed E-state index contributed by atoms with van der Waals surface area (Å²) in [4.78, 5) is 12.3. The third-order valence-electron chi connectivity index (χ3n) is 3.00. The molecule has 0 spiro atoms. The van der Waals surface area contributed by atoms with Gasteiger partial charge in [-0.15, -0.1) is 0 Å². The number of hydrogen-bond acceptors (Lipinski definition) is 2. The van der Waals surface area contributed by atoms with Crippen molar-refractivity contribution < 1.29 is 0 Å². The van der Waals surface area contributed by atoms with Gasteiger partial charge in [0, 0.05) is 18.1 Å². The summed E-state index contributed by atoms with van der Waals surface area (Å²) in [5.41, 5.74) is 1.66. The molecule has 0 bridgehead atoms. The van der Waals surface area contributed by atoms with Crippen LogP contribution in [0.4, 0.5) is 0 Å². The summed E-state index contributed by atoms with van der Waals surface area (Å²) in [7, 11) is 0. The molecule has 2 rings (SSSR count). The molecule has 0 aliphatic rings. The molecule has 100 valence electrons. The zero-order valence-electron chi connectivity index (χ0n) is 10.8. The number of halogens is 1. The fraction of sp³-hybridized carbons (Fsp3) is 0.333. The molecule has 0 atom stereocenters. The van der Waals surface area contributed by atoms with Gasteiger partial charge in [0.15, 0.2) is 0 Å². The summed E-state index contributed by atoms with van der Waals surface area (Å²) >= 11 is 3.41. The second-order valence-corrected chi connectivity index (χ2v) is 5.18. The van der Waals surface area contributed by atoms with Crippen molar-refractivity contribution in [3.05, 3.63) is 52.9 Å². The minimum atomic E-state index is -0.00691. The highest BCUT2D eigenvalue weighted by Gasteiger charge is 2.05. The number of alkyl halides is 1. The SMILES string of the molecule is O=c1c(-c2ccccc2)ccnn1CCCCCBr. The third-order valence-corrected chi connectivity index (χ3v) is 3.56. The minimum Gasteiger partial charge on any atom is -0.267 e. The summed E-state index contributed by atoms with van der Waals surface area (Å²) in [6.07, 6.45) is 4.92. The van der Waals surface area contributed by atoms with E-state index < -0.39 is 0 Å². The quantitative estimate of drug-likeness (QED) is 0.603. The number of aromatic nitrogens is 2. The van der Waals surface area contributed by atoms with Gasteiger partial charge in [-0.25, -0.2) is 4.68 Å². The molecular weight excluding hydrogens is 304 g/mol. The van der Waals surface area contributed by atoms with Gasteiger partial charge in [0.1, 0.15) is 0 Å². The second kappa shape index (κ2) is 7.24. The van der Waals surface area contributed by atoms with Crippen LogP contribution in [0.25, 0.3) is 11.1 Å². The molecule has 1 aromatic carbocycles. The Hall–Kier alpha value is -1.42. The van der Waals surface area contributed by atoms with E-state index in [1.165, 1.54) is 0 Å². The predicted molar refractivity (Wildman–Crippen MR) is 81.6 cm³/mol. The molecule has 1 aromatic heterocycles. The maximum atomic E-state index is 12.3. The average molecular weight is 321 g/mol. The van der Waals surface area contributed by atoms with Gasteiger partial charge in [-0.1, -0.05) is 52.7 Å². The molecule has 0 aliphatic heterocycles. The first kappa shape index (κ1) is 14.0. The van der Waals surface area contributed by atoms with E-state index in [0.717, 1.165) is 35.7 Å². The van der Waals surface area contributed by atoms with Crippen LogP contribution in [0.3, 0.4) is 0 Å². The van der Waals surface area contributed by atoms with Crippen LogP contribution < -0.4 is 5.56 Å². The van der Waals surface area contributed by atoms with Crippen molar-refractivity contribution in [2.24, 2.45) is 0 Å². The summed E-state index contributed by atoms with van der Waals surface area (Å²) in [6, 6.07) is 11.5. The van der Waals surface area contributed by atoms with Gasteiger partial charge in [0.05, 0.1) is 5.56 Å². The van der Waals surface area contributed by atoms with Gasteiger partial charge in [0.25, 0.3) is 5.56 Å². The Labute approximate surface area is 121 Å². The van der Waals surface area contributed by atoms with E-state index in [2.05, 4.69) is 21.0 Å². The monoisotopic (exact) mass is 320 g/mol. The van der Waals surface area contributed by atoms with Crippen molar-refractivity contribution in [3.63, 3.8) is 0 Å². The molecule has 0 radical (unpaired) electrons. The largest absolute Gasteiger partial charge is 0.274 e. The van der Waals surface area contributed by atoms with Crippen molar-refractivity contribution in [2.75, 3.05) is 5.33 Å². The Balaban J connectivity index is 2.17. The molecule has 0 amide bonds. The normalized spacial score (nSPS) is 10.6. The molecule has 19 heavy (non-hydrogen) atoms.